The molecular formula is C18H19N3O5. The third-order valence-electron chi connectivity index (χ3n) is 3.55. The summed E-state index contributed by atoms with van der Waals surface area (Å²) in [5.41, 5.74) is 0.803. The van der Waals surface area contributed by atoms with Gasteiger partial charge in [0.2, 0.25) is 0 Å². The number of hydrogen-bond donors (Lipinski definition) is 1. The van der Waals surface area contributed by atoms with Crippen LogP contribution in [0.1, 0.15) is 11.1 Å². The molecule has 0 atom stereocenters. The highest BCUT2D eigenvalue weighted by molar-refractivity contribution is 5.94. The van der Waals surface area contributed by atoms with Crippen molar-refractivity contribution < 1.29 is 14.3 Å². The molecule has 26 heavy (non-hydrogen) atoms. The Kier molecular flexibility index (Phi) is 5.90. The molecule has 0 aliphatic rings. The number of rotatable bonds is 5. The lowest BCUT2D eigenvalue weighted by Crippen LogP contribution is -2.37. The maximum Gasteiger partial charge on any atom is 0.331 e. The van der Waals surface area contributed by atoms with Crippen LogP contribution < -0.4 is 16.6 Å². The summed E-state index contributed by atoms with van der Waals surface area (Å²) in [5.74, 6) is -1.26. The van der Waals surface area contributed by atoms with Crippen LogP contribution in [0.25, 0.3) is 6.08 Å². The Labute approximate surface area is 149 Å². The van der Waals surface area contributed by atoms with Crippen molar-refractivity contribution in [1.29, 1.82) is 0 Å². The standard InChI is InChI=1S/C18H19N3O5/c1-12-4-7-14(8-5-12)19-15(22)11-26-16(23)9-6-13-10-20(2)18(25)21(3)17(13)24/h4-10H,11H2,1-3H3,(H,19,22)/b9-6+. The number of carbonyl (C=O) groups is 2. The third kappa shape index (κ3) is 4.79. The number of esters is 1. The van der Waals surface area contributed by atoms with E-state index in [-0.39, 0.29) is 5.56 Å². The van der Waals surface area contributed by atoms with Crippen LogP contribution in [-0.2, 0) is 28.4 Å². The van der Waals surface area contributed by atoms with Crippen molar-refractivity contribution in [3.63, 3.8) is 0 Å². The molecule has 0 bridgehead atoms. The molecule has 0 fully saturated rings. The fourth-order valence-corrected chi connectivity index (χ4v) is 2.13. The molecule has 8 nitrogen and oxygen atoms in total. The summed E-state index contributed by atoms with van der Waals surface area (Å²) >= 11 is 0. The van der Waals surface area contributed by atoms with Gasteiger partial charge in [0.1, 0.15) is 0 Å². The fraction of sp³-hybridized carbons (Fsp3) is 0.222. The van der Waals surface area contributed by atoms with Crippen LogP contribution >= 0.6 is 0 Å². The van der Waals surface area contributed by atoms with Gasteiger partial charge in [0, 0.05) is 32.1 Å². The Hall–Kier alpha value is -3.42. The number of anilines is 1. The van der Waals surface area contributed by atoms with E-state index < -0.39 is 29.7 Å². The first-order valence-electron chi connectivity index (χ1n) is 7.76. The number of nitrogens with zero attached hydrogens (tertiary/aromatic N) is 2. The quantitative estimate of drug-likeness (QED) is 0.624. The summed E-state index contributed by atoms with van der Waals surface area (Å²) < 4.78 is 6.98. The van der Waals surface area contributed by atoms with Crippen LogP contribution in [0.5, 0.6) is 0 Å². The average Bonchev–Trinajstić information content (AvgIpc) is 2.62. The van der Waals surface area contributed by atoms with Gasteiger partial charge in [-0.2, -0.15) is 0 Å². The van der Waals surface area contributed by atoms with Crippen LogP contribution in [0.2, 0.25) is 0 Å². The molecule has 0 saturated carbocycles. The highest BCUT2D eigenvalue weighted by Crippen LogP contribution is 2.08. The summed E-state index contributed by atoms with van der Waals surface area (Å²) in [6.07, 6.45) is 3.58. The summed E-state index contributed by atoms with van der Waals surface area (Å²) in [6.45, 7) is 1.47. The van der Waals surface area contributed by atoms with Gasteiger partial charge in [-0.05, 0) is 25.1 Å². The second-order valence-electron chi connectivity index (χ2n) is 5.70. The van der Waals surface area contributed by atoms with Crippen LogP contribution in [0, 0.1) is 6.92 Å². The Morgan fingerprint density at radius 2 is 1.81 bits per heavy atom. The Morgan fingerprint density at radius 1 is 1.15 bits per heavy atom. The Bertz CT molecular complexity index is 968. The van der Waals surface area contributed by atoms with E-state index in [1.807, 2.05) is 19.1 Å². The molecular weight excluding hydrogens is 338 g/mol. The molecule has 0 saturated heterocycles. The first kappa shape index (κ1) is 18.9. The van der Waals surface area contributed by atoms with E-state index in [4.69, 9.17) is 4.74 Å². The van der Waals surface area contributed by atoms with Gasteiger partial charge in [0.25, 0.3) is 11.5 Å². The van der Waals surface area contributed by atoms with Gasteiger partial charge < -0.3 is 14.6 Å². The van der Waals surface area contributed by atoms with Crippen LogP contribution in [0.4, 0.5) is 5.69 Å². The summed E-state index contributed by atoms with van der Waals surface area (Å²) in [7, 11) is 2.84. The first-order valence-corrected chi connectivity index (χ1v) is 7.76. The molecule has 0 radical (unpaired) electrons. The summed E-state index contributed by atoms with van der Waals surface area (Å²) in [6, 6.07) is 7.17. The van der Waals surface area contributed by atoms with Gasteiger partial charge >= 0.3 is 11.7 Å². The van der Waals surface area contributed by atoms with Crippen LogP contribution in [0.3, 0.4) is 0 Å². The zero-order chi connectivity index (χ0) is 19.3. The molecule has 0 aliphatic heterocycles. The minimum Gasteiger partial charge on any atom is -0.452 e. The maximum atomic E-state index is 11.9. The molecule has 2 rings (SSSR count). The van der Waals surface area contributed by atoms with Crippen molar-refractivity contribution in [1.82, 2.24) is 9.13 Å². The van der Waals surface area contributed by atoms with E-state index >= 15 is 0 Å². The van der Waals surface area contributed by atoms with Gasteiger partial charge in [-0.3, -0.25) is 14.2 Å². The third-order valence-corrected chi connectivity index (χ3v) is 3.55. The van der Waals surface area contributed by atoms with Crippen LogP contribution in [0.15, 0.2) is 46.1 Å². The first-order chi connectivity index (χ1) is 12.3. The van der Waals surface area contributed by atoms with Gasteiger partial charge in [-0.15, -0.1) is 0 Å². The van der Waals surface area contributed by atoms with E-state index in [1.165, 1.54) is 30.9 Å². The van der Waals surface area contributed by atoms with E-state index in [0.717, 1.165) is 16.2 Å². The fourth-order valence-electron chi connectivity index (χ4n) is 2.13. The predicted octanol–water partition coefficient (Wildman–Crippen LogP) is 0.588. The molecule has 0 aliphatic carbocycles. The zero-order valence-electron chi connectivity index (χ0n) is 14.7. The van der Waals surface area contributed by atoms with Gasteiger partial charge in [0.05, 0.1) is 5.56 Å². The lowest BCUT2D eigenvalue weighted by molar-refractivity contribution is -0.142. The van der Waals surface area contributed by atoms with Crippen molar-refractivity contribution in [3.8, 4) is 0 Å². The van der Waals surface area contributed by atoms with Crippen LogP contribution in [-0.4, -0.2) is 27.6 Å². The smallest absolute Gasteiger partial charge is 0.331 e. The monoisotopic (exact) mass is 357 g/mol. The lowest BCUT2D eigenvalue weighted by Gasteiger charge is -2.06. The summed E-state index contributed by atoms with van der Waals surface area (Å²) in [4.78, 5) is 47.0. The van der Waals surface area contributed by atoms with E-state index in [0.29, 0.717) is 5.69 Å². The number of aromatic nitrogens is 2. The van der Waals surface area contributed by atoms with Crippen molar-refractivity contribution >= 4 is 23.6 Å². The molecule has 0 unspecified atom stereocenters. The van der Waals surface area contributed by atoms with Crippen molar-refractivity contribution in [2.75, 3.05) is 11.9 Å². The second kappa shape index (κ2) is 8.11. The number of hydrogen-bond acceptors (Lipinski definition) is 5. The zero-order valence-corrected chi connectivity index (χ0v) is 14.7. The van der Waals surface area contributed by atoms with E-state index in [1.54, 1.807) is 12.1 Å². The number of amides is 1. The molecule has 1 aromatic heterocycles. The highest BCUT2D eigenvalue weighted by atomic mass is 16.5. The molecule has 1 N–H and O–H groups in total. The number of aryl methyl sites for hydroxylation is 2. The predicted molar refractivity (Wildman–Crippen MR) is 96.7 cm³/mol. The number of carbonyl (C=O) groups excluding carboxylic acids is 2. The molecule has 1 heterocycles. The lowest BCUT2D eigenvalue weighted by atomic mass is 10.2. The van der Waals surface area contributed by atoms with Gasteiger partial charge in [-0.1, -0.05) is 17.7 Å². The Morgan fingerprint density at radius 3 is 2.46 bits per heavy atom. The van der Waals surface area contributed by atoms with Gasteiger partial charge in [-0.25, -0.2) is 9.59 Å². The molecule has 0 spiro atoms. The average molecular weight is 357 g/mol. The molecule has 8 heteroatoms. The topological polar surface area (TPSA) is 99.4 Å². The number of benzene rings is 1. The minimum atomic E-state index is -0.778. The van der Waals surface area contributed by atoms with Crippen molar-refractivity contribution in [2.45, 2.75) is 6.92 Å². The normalized spacial score (nSPS) is 10.7. The molecule has 136 valence electrons. The largest absolute Gasteiger partial charge is 0.452 e. The van der Waals surface area contributed by atoms with Crippen molar-refractivity contribution in [3.05, 3.63) is 68.5 Å². The summed E-state index contributed by atoms with van der Waals surface area (Å²) in [5, 5.41) is 2.60. The Balaban J connectivity index is 1.93. The van der Waals surface area contributed by atoms with Gasteiger partial charge in [0.15, 0.2) is 6.61 Å². The van der Waals surface area contributed by atoms with Crippen molar-refractivity contribution in [2.24, 2.45) is 14.1 Å². The SMILES string of the molecule is Cc1ccc(NC(=O)COC(=O)/C=C/c2cn(C)c(=O)n(C)c2=O)cc1. The molecule has 1 aromatic carbocycles. The second-order valence-corrected chi connectivity index (χ2v) is 5.70. The van der Waals surface area contributed by atoms with E-state index in [9.17, 15) is 19.2 Å². The van der Waals surface area contributed by atoms with E-state index in [2.05, 4.69) is 5.32 Å². The molecule has 2 aromatic rings. The highest BCUT2D eigenvalue weighted by Gasteiger charge is 2.07. The minimum absolute atomic E-state index is 0.149. The number of nitrogens with one attached hydrogen (secondary N) is 1. The molecule has 1 amide bonds. The maximum absolute atomic E-state index is 11.9. The number of ether oxygens (including phenoxy) is 1.